The van der Waals surface area contributed by atoms with Crippen LogP contribution < -0.4 is 4.74 Å². The average molecular weight is 316 g/mol. The Bertz CT molecular complexity index is 533. The number of halogens is 6. The van der Waals surface area contributed by atoms with Gasteiger partial charge in [0.15, 0.2) is 0 Å². The zero-order chi connectivity index (χ0) is 16.4. The van der Waals surface area contributed by atoms with Crippen molar-refractivity contribution in [3.63, 3.8) is 0 Å². The number of rotatable bonds is 3. The fraction of sp³-hybridized carbons (Fsp3) is 0.417. The van der Waals surface area contributed by atoms with Crippen molar-refractivity contribution in [1.29, 1.82) is 0 Å². The molecule has 0 bridgehead atoms. The topological polar surface area (TPSA) is 35.5 Å². The van der Waals surface area contributed by atoms with Gasteiger partial charge in [0.05, 0.1) is 30.4 Å². The van der Waals surface area contributed by atoms with Crippen LogP contribution in [0.4, 0.5) is 26.3 Å². The maximum Gasteiger partial charge on any atom is 0.417 e. The Morgan fingerprint density at radius 2 is 1.67 bits per heavy atom. The van der Waals surface area contributed by atoms with E-state index in [0.29, 0.717) is 6.07 Å². The summed E-state index contributed by atoms with van der Waals surface area (Å²) in [4.78, 5) is 11.5. The number of carbonyl (C=O) groups is 1. The van der Waals surface area contributed by atoms with Crippen LogP contribution in [0.2, 0.25) is 0 Å². The monoisotopic (exact) mass is 316 g/mol. The van der Waals surface area contributed by atoms with Gasteiger partial charge < -0.3 is 9.47 Å². The highest BCUT2D eigenvalue weighted by Crippen LogP contribution is 2.44. The number of hydrogen-bond acceptors (Lipinski definition) is 3. The first kappa shape index (κ1) is 17.1. The normalized spacial score (nSPS) is 12.2. The molecule has 0 aliphatic heterocycles. The molecule has 0 N–H and O–H groups in total. The third-order valence-corrected chi connectivity index (χ3v) is 2.43. The van der Waals surface area contributed by atoms with Crippen LogP contribution in [-0.4, -0.2) is 19.7 Å². The molecule has 0 fully saturated rings. The number of hydrogen-bond donors (Lipinski definition) is 0. The molecule has 0 spiro atoms. The van der Waals surface area contributed by atoms with E-state index in [9.17, 15) is 31.1 Å². The van der Waals surface area contributed by atoms with Crippen LogP contribution in [0.5, 0.6) is 5.75 Å². The molecule has 0 unspecified atom stereocenters. The second kappa shape index (κ2) is 5.82. The lowest BCUT2D eigenvalue weighted by Crippen LogP contribution is -2.22. The van der Waals surface area contributed by atoms with Gasteiger partial charge in [0.2, 0.25) is 0 Å². The molecule has 21 heavy (non-hydrogen) atoms. The van der Waals surface area contributed by atoms with Crippen molar-refractivity contribution in [2.24, 2.45) is 0 Å². The minimum absolute atomic E-state index is 0.186. The lowest BCUT2D eigenvalue weighted by atomic mass is 9.99. The number of benzene rings is 1. The standard InChI is InChI=1S/C12H10F6O3/c1-3-21-10(19)7-4-6(20-2)5-8(11(13,14)15)9(7)12(16,17)18/h4-5H,3H2,1-2H3. The summed E-state index contributed by atoms with van der Waals surface area (Å²) in [5.74, 6) is -2.03. The molecule has 118 valence electrons. The fourth-order valence-corrected chi connectivity index (χ4v) is 1.63. The van der Waals surface area contributed by atoms with Crippen LogP contribution in [0.25, 0.3) is 0 Å². The van der Waals surface area contributed by atoms with Crippen LogP contribution >= 0.6 is 0 Å². The zero-order valence-corrected chi connectivity index (χ0v) is 10.9. The molecular weight excluding hydrogens is 306 g/mol. The van der Waals surface area contributed by atoms with E-state index < -0.39 is 40.8 Å². The summed E-state index contributed by atoms with van der Waals surface area (Å²) < 4.78 is 86.1. The Hall–Kier alpha value is -1.93. The number of ether oxygens (including phenoxy) is 2. The first-order valence-electron chi connectivity index (χ1n) is 5.55. The number of methoxy groups -OCH3 is 1. The minimum Gasteiger partial charge on any atom is -0.497 e. The molecule has 3 nitrogen and oxygen atoms in total. The van der Waals surface area contributed by atoms with Gasteiger partial charge in [0.1, 0.15) is 5.75 Å². The van der Waals surface area contributed by atoms with E-state index >= 15 is 0 Å². The van der Waals surface area contributed by atoms with Crippen LogP contribution in [0.3, 0.4) is 0 Å². The van der Waals surface area contributed by atoms with E-state index in [1.165, 1.54) is 6.92 Å². The van der Waals surface area contributed by atoms with Gasteiger partial charge in [0, 0.05) is 0 Å². The molecule has 1 rings (SSSR count). The van der Waals surface area contributed by atoms with E-state index in [4.69, 9.17) is 0 Å². The Kier molecular flexibility index (Phi) is 4.75. The predicted molar refractivity (Wildman–Crippen MR) is 59.0 cm³/mol. The molecule has 1 aromatic rings. The summed E-state index contributed by atoms with van der Waals surface area (Å²) in [5.41, 5.74) is -5.33. The second-order valence-corrected chi connectivity index (χ2v) is 3.81. The van der Waals surface area contributed by atoms with Crippen molar-refractivity contribution in [3.05, 3.63) is 28.8 Å². The van der Waals surface area contributed by atoms with Gasteiger partial charge in [-0.2, -0.15) is 26.3 Å². The SMILES string of the molecule is CCOC(=O)c1cc(OC)cc(C(F)(F)F)c1C(F)(F)F. The van der Waals surface area contributed by atoms with Gasteiger partial charge in [-0.15, -0.1) is 0 Å². The average Bonchev–Trinajstić information content (AvgIpc) is 2.35. The Balaban J connectivity index is 3.71. The summed E-state index contributed by atoms with van der Waals surface area (Å²) in [6.07, 6.45) is -10.7. The minimum atomic E-state index is -5.38. The van der Waals surface area contributed by atoms with Crippen LogP contribution in [0.15, 0.2) is 12.1 Å². The van der Waals surface area contributed by atoms with Crippen molar-refractivity contribution < 1.29 is 40.6 Å². The van der Waals surface area contributed by atoms with Gasteiger partial charge in [-0.05, 0) is 19.1 Å². The molecule has 0 saturated heterocycles. The highest BCUT2D eigenvalue weighted by Gasteiger charge is 2.46. The molecule has 0 aromatic heterocycles. The van der Waals surface area contributed by atoms with E-state index in [1.807, 2.05) is 0 Å². The highest BCUT2D eigenvalue weighted by molar-refractivity contribution is 5.92. The molecule has 0 aliphatic carbocycles. The lowest BCUT2D eigenvalue weighted by Gasteiger charge is -2.19. The number of esters is 1. The van der Waals surface area contributed by atoms with Gasteiger partial charge in [-0.1, -0.05) is 0 Å². The Morgan fingerprint density at radius 1 is 1.10 bits per heavy atom. The van der Waals surface area contributed by atoms with E-state index in [1.54, 1.807) is 0 Å². The van der Waals surface area contributed by atoms with Crippen LogP contribution in [-0.2, 0) is 17.1 Å². The van der Waals surface area contributed by atoms with Gasteiger partial charge >= 0.3 is 18.3 Å². The quantitative estimate of drug-likeness (QED) is 0.626. The molecule has 1 aromatic carbocycles. The van der Waals surface area contributed by atoms with Crippen molar-refractivity contribution in [1.82, 2.24) is 0 Å². The fourth-order valence-electron chi connectivity index (χ4n) is 1.63. The van der Waals surface area contributed by atoms with Crippen molar-refractivity contribution >= 4 is 5.97 Å². The lowest BCUT2D eigenvalue weighted by molar-refractivity contribution is -0.162. The van der Waals surface area contributed by atoms with Gasteiger partial charge in [0.25, 0.3) is 0 Å². The van der Waals surface area contributed by atoms with Crippen molar-refractivity contribution in [2.75, 3.05) is 13.7 Å². The largest absolute Gasteiger partial charge is 0.497 e. The molecule has 0 radical (unpaired) electrons. The molecular formula is C12H10F6O3. The van der Waals surface area contributed by atoms with Crippen LogP contribution in [0.1, 0.15) is 28.4 Å². The van der Waals surface area contributed by atoms with Crippen molar-refractivity contribution in [3.8, 4) is 5.75 Å². The molecule has 9 heteroatoms. The number of carbonyl (C=O) groups excluding carboxylic acids is 1. The highest BCUT2D eigenvalue weighted by atomic mass is 19.4. The Labute approximate surface area is 115 Å². The van der Waals surface area contributed by atoms with E-state index in [-0.39, 0.29) is 12.7 Å². The smallest absolute Gasteiger partial charge is 0.417 e. The maximum absolute atomic E-state index is 12.9. The van der Waals surface area contributed by atoms with E-state index in [0.717, 1.165) is 7.11 Å². The first-order valence-corrected chi connectivity index (χ1v) is 5.55. The summed E-state index contributed by atoms with van der Waals surface area (Å²) >= 11 is 0. The molecule has 0 amide bonds. The van der Waals surface area contributed by atoms with Crippen molar-refractivity contribution in [2.45, 2.75) is 19.3 Å². The molecule has 0 aliphatic rings. The molecule has 0 saturated carbocycles. The molecule has 0 atom stereocenters. The zero-order valence-electron chi connectivity index (χ0n) is 10.9. The van der Waals surface area contributed by atoms with Gasteiger partial charge in [-0.3, -0.25) is 0 Å². The first-order chi connectivity index (χ1) is 9.52. The predicted octanol–water partition coefficient (Wildman–Crippen LogP) is 3.91. The third-order valence-electron chi connectivity index (χ3n) is 2.43. The summed E-state index contributed by atoms with van der Waals surface area (Å²) in [5, 5.41) is 0. The summed E-state index contributed by atoms with van der Waals surface area (Å²) in [6, 6.07) is 0.752. The number of alkyl halides is 6. The Morgan fingerprint density at radius 3 is 2.05 bits per heavy atom. The summed E-state index contributed by atoms with van der Waals surface area (Å²) in [7, 11) is 0.970. The molecule has 0 heterocycles. The van der Waals surface area contributed by atoms with Gasteiger partial charge in [-0.25, -0.2) is 4.79 Å². The third kappa shape index (κ3) is 3.79. The second-order valence-electron chi connectivity index (χ2n) is 3.81. The van der Waals surface area contributed by atoms with E-state index in [2.05, 4.69) is 9.47 Å². The summed E-state index contributed by atoms with van der Waals surface area (Å²) in [6.45, 7) is 1.03. The maximum atomic E-state index is 12.9. The van der Waals surface area contributed by atoms with Crippen LogP contribution in [0, 0.1) is 0 Å².